The van der Waals surface area contributed by atoms with Crippen LogP contribution in [-0.2, 0) is 11.3 Å². The molecule has 1 saturated heterocycles. The third-order valence-electron chi connectivity index (χ3n) is 5.42. The van der Waals surface area contributed by atoms with E-state index in [0.29, 0.717) is 37.7 Å². The van der Waals surface area contributed by atoms with Gasteiger partial charge in [-0.05, 0) is 53.7 Å². The van der Waals surface area contributed by atoms with Gasteiger partial charge in [0.25, 0.3) is 5.91 Å². The monoisotopic (exact) mass is 452 g/mol. The zero-order valence-corrected chi connectivity index (χ0v) is 18.9. The van der Waals surface area contributed by atoms with Crippen molar-refractivity contribution in [3.63, 3.8) is 0 Å². The summed E-state index contributed by atoms with van der Waals surface area (Å²) in [5, 5.41) is 12.2. The molecule has 0 saturated carbocycles. The third-order valence-corrected chi connectivity index (χ3v) is 5.42. The smallest absolute Gasteiger partial charge is 0.260 e. The number of amides is 1. The van der Waals surface area contributed by atoms with Crippen LogP contribution in [0.5, 0.6) is 17.2 Å². The minimum Gasteiger partial charge on any atom is -0.497 e. The van der Waals surface area contributed by atoms with Gasteiger partial charge < -0.3 is 19.1 Å². The molecule has 3 aromatic rings. The van der Waals surface area contributed by atoms with Gasteiger partial charge in [-0.1, -0.05) is 6.07 Å². The number of ether oxygens (including phenoxy) is 3. The summed E-state index contributed by atoms with van der Waals surface area (Å²) in [6, 6.07) is 14.9. The van der Waals surface area contributed by atoms with Gasteiger partial charge in [-0.3, -0.25) is 9.69 Å². The van der Waals surface area contributed by atoms with E-state index in [9.17, 15) is 4.79 Å². The first-order valence-electron chi connectivity index (χ1n) is 10.9. The Bertz CT molecular complexity index is 1050. The molecule has 1 aromatic heterocycles. The largest absolute Gasteiger partial charge is 0.497 e. The van der Waals surface area contributed by atoms with E-state index < -0.39 is 0 Å². The first-order valence-corrected chi connectivity index (χ1v) is 10.9. The molecule has 0 aliphatic carbocycles. The molecule has 0 unspecified atom stereocenters. The fourth-order valence-electron chi connectivity index (χ4n) is 3.64. The highest BCUT2D eigenvalue weighted by Gasteiger charge is 2.23. The minimum absolute atomic E-state index is 0.00313. The average molecular weight is 453 g/mol. The number of aromatic nitrogens is 4. The normalized spacial score (nSPS) is 14.2. The Morgan fingerprint density at radius 2 is 1.73 bits per heavy atom. The molecule has 0 atom stereocenters. The Kier molecular flexibility index (Phi) is 7.36. The van der Waals surface area contributed by atoms with Crippen molar-refractivity contribution in [2.45, 2.75) is 13.5 Å². The van der Waals surface area contributed by atoms with Gasteiger partial charge >= 0.3 is 0 Å². The van der Waals surface area contributed by atoms with Gasteiger partial charge in [-0.2, -0.15) is 4.68 Å². The number of rotatable bonds is 9. The fourth-order valence-corrected chi connectivity index (χ4v) is 3.64. The molecule has 0 N–H and O–H groups in total. The number of tetrazole rings is 1. The Labute approximate surface area is 192 Å². The highest BCUT2D eigenvalue weighted by atomic mass is 16.5. The van der Waals surface area contributed by atoms with Crippen LogP contribution in [0.2, 0.25) is 0 Å². The van der Waals surface area contributed by atoms with Gasteiger partial charge in [0.15, 0.2) is 12.4 Å². The summed E-state index contributed by atoms with van der Waals surface area (Å²) in [6.45, 7) is 5.91. The van der Waals surface area contributed by atoms with Crippen LogP contribution in [0.3, 0.4) is 0 Å². The van der Waals surface area contributed by atoms with Gasteiger partial charge in [0.2, 0.25) is 0 Å². The summed E-state index contributed by atoms with van der Waals surface area (Å²) in [6.07, 6.45) is 0. The topological polar surface area (TPSA) is 94.8 Å². The Balaban J connectivity index is 1.27. The maximum Gasteiger partial charge on any atom is 0.260 e. The molecule has 4 rings (SSSR count). The summed E-state index contributed by atoms with van der Waals surface area (Å²) < 4.78 is 18.1. The predicted molar refractivity (Wildman–Crippen MR) is 121 cm³/mol. The molecule has 2 aromatic carbocycles. The number of piperazine rings is 1. The fraction of sp³-hybridized carbons (Fsp3) is 0.391. The van der Waals surface area contributed by atoms with Gasteiger partial charge in [-0.15, -0.1) is 5.10 Å². The van der Waals surface area contributed by atoms with Crippen molar-refractivity contribution in [3.05, 3.63) is 54.4 Å². The number of hydrogen-bond acceptors (Lipinski definition) is 8. The highest BCUT2D eigenvalue weighted by Crippen LogP contribution is 2.19. The molecular weight excluding hydrogens is 424 g/mol. The van der Waals surface area contributed by atoms with Gasteiger partial charge in [0.1, 0.15) is 17.2 Å². The lowest BCUT2D eigenvalue weighted by molar-refractivity contribution is -0.135. The van der Waals surface area contributed by atoms with E-state index in [-0.39, 0.29) is 12.5 Å². The second-order valence-corrected chi connectivity index (χ2v) is 7.56. The molecule has 1 fully saturated rings. The van der Waals surface area contributed by atoms with E-state index in [1.54, 1.807) is 17.9 Å². The number of carbonyl (C=O) groups is 1. The van der Waals surface area contributed by atoms with Crippen molar-refractivity contribution in [2.24, 2.45) is 0 Å². The van der Waals surface area contributed by atoms with Gasteiger partial charge in [0.05, 0.1) is 25.9 Å². The van der Waals surface area contributed by atoms with Crippen molar-refractivity contribution >= 4 is 5.91 Å². The zero-order chi connectivity index (χ0) is 23.0. The van der Waals surface area contributed by atoms with Crippen molar-refractivity contribution in [1.29, 1.82) is 0 Å². The minimum atomic E-state index is -0.0308. The summed E-state index contributed by atoms with van der Waals surface area (Å²) in [5.41, 5.74) is 0.877. The molecule has 0 spiro atoms. The van der Waals surface area contributed by atoms with E-state index in [2.05, 4.69) is 20.4 Å². The molecule has 10 heteroatoms. The zero-order valence-electron chi connectivity index (χ0n) is 18.9. The van der Waals surface area contributed by atoms with Crippen LogP contribution in [0.1, 0.15) is 12.7 Å². The molecular formula is C23H28N6O4. The maximum atomic E-state index is 12.6. The van der Waals surface area contributed by atoms with Crippen molar-refractivity contribution < 1.29 is 19.0 Å². The number of carbonyl (C=O) groups excluding carboxylic acids is 1. The lowest BCUT2D eigenvalue weighted by Crippen LogP contribution is -2.49. The number of nitrogens with zero attached hydrogens (tertiary/aromatic N) is 6. The first kappa shape index (κ1) is 22.5. The quantitative estimate of drug-likeness (QED) is 0.485. The lowest BCUT2D eigenvalue weighted by Gasteiger charge is -2.34. The first-order chi connectivity index (χ1) is 16.2. The lowest BCUT2D eigenvalue weighted by atomic mass is 10.3. The highest BCUT2D eigenvalue weighted by molar-refractivity contribution is 5.77. The van der Waals surface area contributed by atoms with E-state index in [1.165, 1.54) is 0 Å². The number of benzene rings is 2. The number of methoxy groups -OCH3 is 1. The second-order valence-electron chi connectivity index (χ2n) is 7.56. The molecule has 1 aliphatic rings. The summed E-state index contributed by atoms with van der Waals surface area (Å²) in [4.78, 5) is 16.6. The Morgan fingerprint density at radius 1 is 0.970 bits per heavy atom. The van der Waals surface area contributed by atoms with Crippen LogP contribution in [0, 0.1) is 0 Å². The van der Waals surface area contributed by atoms with E-state index in [1.807, 2.05) is 54.3 Å². The average Bonchev–Trinajstić information content (AvgIpc) is 3.32. The van der Waals surface area contributed by atoms with E-state index in [0.717, 1.165) is 30.4 Å². The summed E-state index contributed by atoms with van der Waals surface area (Å²) in [7, 11) is 1.60. The SMILES string of the molecule is CCOc1ccc(-n2nnnc2CN2CCN(C(=O)COc3cccc(OC)c3)CC2)cc1. The summed E-state index contributed by atoms with van der Waals surface area (Å²) in [5.74, 6) is 2.84. The number of hydrogen-bond donors (Lipinski definition) is 0. The van der Waals surface area contributed by atoms with Crippen molar-refractivity contribution in [3.8, 4) is 22.9 Å². The third kappa shape index (κ3) is 5.78. The van der Waals surface area contributed by atoms with Crippen molar-refractivity contribution in [1.82, 2.24) is 30.0 Å². The molecule has 1 aliphatic heterocycles. The molecule has 33 heavy (non-hydrogen) atoms. The molecule has 0 radical (unpaired) electrons. The van der Waals surface area contributed by atoms with Crippen LogP contribution in [0.25, 0.3) is 5.69 Å². The molecule has 0 bridgehead atoms. The van der Waals surface area contributed by atoms with Crippen LogP contribution in [-0.4, -0.2) is 82.4 Å². The second kappa shape index (κ2) is 10.8. The van der Waals surface area contributed by atoms with Gasteiger partial charge in [0, 0.05) is 32.2 Å². The molecule has 174 valence electrons. The van der Waals surface area contributed by atoms with Gasteiger partial charge in [-0.25, -0.2) is 0 Å². The summed E-state index contributed by atoms with van der Waals surface area (Å²) >= 11 is 0. The van der Waals surface area contributed by atoms with Crippen molar-refractivity contribution in [2.75, 3.05) is 46.5 Å². The van der Waals surface area contributed by atoms with Crippen LogP contribution in [0.15, 0.2) is 48.5 Å². The molecule has 2 heterocycles. The molecule has 1 amide bonds. The molecule has 10 nitrogen and oxygen atoms in total. The Hall–Kier alpha value is -3.66. The maximum absolute atomic E-state index is 12.6. The predicted octanol–water partition coefficient (Wildman–Crippen LogP) is 1.79. The van der Waals surface area contributed by atoms with Crippen LogP contribution < -0.4 is 14.2 Å². The van der Waals surface area contributed by atoms with E-state index in [4.69, 9.17) is 14.2 Å². The van der Waals surface area contributed by atoms with Crippen LogP contribution in [0.4, 0.5) is 0 Å². The standard InChI is InChI=1S/C23H28N6O4/c1-3-32-19-9-7-18(8-10-19)29-22(24-25-26-29)16-27-11-13-28(14-12-27)23(30)17-33-21-6-4-5-20(15-21)31-2/h4-10,15H,3,11-14,16-17H2,1-2H3. The van der Waals surface area contributed by atoms with E-state index >= 15 is 0 Å². The Morgan fingerprint density at radius 3 is 2.45 bits per heavy atom. The van der Waals surface area contributed by atoms with Crippen LogP contribution >= 0.6 is 0 Å².